The van der Waals surface area contributed by atoms with Crippen LogP contribution in [0.2, 0.25) is 0 Å². The predicted molar refractivity (Wildman–Crippen MR) is 75.6 cm³/mol. The molecule has 0 saturated heterocycles. The molecule has 0 unspecified atom stereocenters. The molecule has 0 bridgehead atoms. The molecule has 5 heteroatoms. The highest BCUT2D eigenvalue weighted by Gasteiger charge is 2.31. The summed E-state index contributed by atoms with van der Waals surface area (Å²) in [6.07, 6.45) is 3.72. The molecule has 1 aliphatic heterocycles. The highest BCUT2D eigenvalue weighted by molar-refractivity contribution is 5.89. The molecule has 2 heterocycles. The van der Waals surface area contributed by atoms with E-state index in [1.165, 1.54) is 25.1 Å². The van der Waals surface area contributed by atoms with Gasteiger partial charge in [0, 0.05) is 43.9 Å². The third-order valence-electron chi connectivity index (χ3n) is 4.19. The molecule has 5 nitrogen and oxygen atoms in total. The molecule has 1 aliphatic carbocycles. The van der Waals surface area contributed by atoms with E-state index in [0.29, 0.717) is 12.3 Å². The highest BCUT2D eigenvalue weighted by Crippen LogP contribution is 2.32. The SMILES string of the molecule is CCOC(=O)c1nn(CC)c2c1CN(CC1CC1)CC2. The monoisotopic (exact) mass is 277 g/mol. The number of aromatic nitrogens is 2. The lowest BCUT2D eigenvalue weighted by molar-refractivity contribution is 0.0515. The Morgan fingerprint density at radius 2 is 2.20 bits per heavy atom. The molecule has 1 saturated carbocycles. The molecule has 3 rings (SSSR count). The molecular weight excluding hydrogens is 254 g/mol. The van der Waals surface area contributed by atoms with E-state index in [2.05, 4.69) is 16.9 Å². The zero-order chi connectivity index (χ0) is 14.1. The lowest BCUT2D eigenvalue weighted by atomic mass is 10.0. The molecule has 0 spiro atoms. The molecular formula is C15H23N3O2. The van der Waals surface area contributed by atoms with Gasteiger partial charge in [0.1, 0.15) is 0 Å². The Bertz CT molecular complexity index is 505. The lowest BCUT2D eigenvalue weighted by Gasteiger charge is -2.27. The van der Waals surface area contributed by atoms with E-state index in [0.717, 1.165) is 37.5 Å². The second kappa shape index (κ2) is 5.56. The number of hydrogen-bond donors (Lipinski definition) is 0. The van der Waals surface area contributed by atoms with Crippen molar-refractivity contribution in [1.82, 2.24) is 14.7 Å². The Hall–Kier alpha value is -1.36. The molecule has 0 N–H and O–H groups in total. The molecule has 0 radical (unpaired) electrons. The summed E-state index contributed by atoms with van der Waals surface area (Å²) < 4.78 is 7.12. The van der Waals surface area contributed by atoms with Crippen molar-refractivity contribution in [3.63, 3.8) is 0 Å². The summed E-state index contributed by atoms with van der Waals surface area (Å²) in [6, 6.07) is 0. The van der Waals surface area contributed by atoms with Gasteiger partial charge in [-0.15, -0.1) is 0 Å². The Morgan fingerprint density at radius 1 is 1.40 bits per heavy atom. The Balaban J connectivity index is 1.84. The van der Waals surface area contributed by atoms with Crippen LogP contribution in [0.15, 0.2) is 0 Å². The van der Waals surface area contributed by atoms with Crippen LogP contribution in [-0.4, -0.2) is 40.3 Å². The van der Waals surface area contributed by atoms with Gasteiger partial charge in [-0.1, -0.05) is 0 Å². The lowest BCUT2D eigenvalue weighted by Crippen LogP contribution is -2.33. The summed E-state index contributed by atoms with van der Waals surface area (Å²) in [5.41, 5.74) is 2.85. The zero-order valence-corrected chi connectivity index (χ0v) is 12.4. The van der Waals surface area contributed by atoms with Gasteiger partial charge < -0.3 is 4.74 Å². The van der Waals surface area contributed by atoms with Gasteiger partial charge in [0.25, 0.3) is 0 Å². The first-order chi connectivity index (χ1) is 9.72. The maximum atomic E-state index is 12.1. The topological polar surface area (TPSA) is 47.4 Å². The maximum Gasteiger partial charge on any atom is 0.359 e. The predicted octanol–water partition coefficient (Wildman–Crippen LogP) is 1.85. The van der Waals surface area contributed by atoms with Crippen LogP contribution < -0.4 is 0 Å². The first-order valence-corrected chi connectivity index (χ1v) is 7.71. The van der Waals surface area contributed by atoms with Crippen LogP contribution in [0.1, 0.15) is 48.4 Å². The molecule has 0 amide bonds. The van der Waals surface area contributed by atoms with Crippen molar-refractivity contribution >= 4 is 5.97 Å². The summed E-state index contributed by atoms with van der Waals surface area (Å²) in [5, 5.41) is 4.47. The minimum Gasteiger partial charge on any atom is -0.461 e. The van der Waals surface area contributed by atoms with Crippen molar-refractivity contribution in [3.05, 3.63) is 17.0 Å². The fourth-order valence-electron chi connectivity index (χ4n) is 2.99. The molecule has 20 heavy (non-hydrogen) atoms. The molecule has 1 aromatic heterocycles. The summed E-state index contributed by atoms with van der Waals surface area (Å²) in [6.45, 7) is 8.21. The number of ether oxygens (including phenoxy) is 1. The number of nitrogens with zero attached hydrogens (tertiary/aromatic N) is 3. The fourth-order valence-corrected chi connectivity index (χ4v) is 2.99. The van der Waals surface area contributed by atoms with Crippen LogP contribution in [0.25, 0.3) is 0 Å². The number of aryl methyl sites for hydroxylation is 1. The number of carbonyl (C=O) groups excluding carboxylic acids is 1. The van der Waals surface area contributed by atoms with Gasteiger partial charge in [-0.25, -0.2) is 4.79 Å². The van der Waals surface area contributed by atoms with E-state index in [-0.39, 0.29) is 5.97 Å². The third-order valence-corrected chi connectivity index (χ3v) is 4.19. The van der Waals surface area contributed by atoms with Crippen molar-refractivity contribution in [3.8, 4) is 0 Å². The average molecular weight is 277 g/mol. The first kappa shape index (κ1) is 13.6. The van der Waals surface area contributed by atoms with Gasteiger partial charge in [0.05, 0.1) is 6.61 Å². The minimum absolute atomic E-state index is 0.274. The number of hydrogen-bond acceptors (Lipinski definition) is 4. The van der Waals surface area contributed by atoms with Crippen molar-refractivity contribution in [1.29, 1.82) is 0 Å². The van der Waals surface area contributed by atoms with Crippen molar-refractivity contribution in [2.75, 3.05) is 19.7 Å². The largest absolute Gasteiger partial charge is 0.461 e. The number of fused-ring (bicyclic) bond motifs is 1. The fraction of sp³-hybridized carbons (Fsp3) is 0.733. The van der Waals surface area contributed by atoms with Crippen LogP contribution in [0.5, 0.6) is 0 Å². The summed E-state index contributed by atoms with van der Waals surface area (Å²) in [5.74, 6) is 0.605. The molecule has 0 atom stereocenters. The van der Waals surface area contributed by atoms with Crippen LogP contribution >= 0.6 is 0 Å². The maximum absolute atomic E-state index is 12.1. The van der Waals surface area contributed by atoms with E-state index in [1.54, 1.807) is 0 Å². The minimum atomic E-state index is -0.274. The normalized spacial score (nSPS) is 18.9. The van der Waals surface area contributed by atoms with E-state index >= 15 is 0 Å². The van der Waals surface area contributed by atoms with Crippen LogP contribution in [0, 0.1) is 5.92 Å². The summed E-state index contributed by atoms with van der Waals surface area (Å²) in [7, 11) is 0. The van der Waals surface area contributed by atoms with E-state index < -0.39 is 0 Å². The van der Waals surface area contributed by atoms with Crippen molar-refractivity contribution < 1.29 is 9.53 Å². The molecule has 0 aromatic carbocycles. The number of rotatable bonds is 5. The van der Waals surface area contributed by atoms with Gasteiger partial charge in [-0.05, 0) is 32.6 Å². The smallest absolute Gasteiger partial charge is 0.359 e. The standard InChI is InChI=1S/C15H23N3O2/c1-3-18-13-7-8-17(9-11-5-6-11)10-12(13)14(16-18)15(19)20-4-2/h11H,3-10H2,1-2H3. The van der Waals surface area contributed by atoms with Crippen molar-refractivity contribution in [2.45, 2.75) is 46.2 Å². The Labute approximate surface area is 119 Å². The van der Waals surface area contributed by atoms with Crippen LogP contribution in [0.3, 0.4) is 0 Å². The van der Waals surface area contributed by atoms with Crippen molar-refractivity contribution in [2.24, 2.45) is 5.92 Å². The Kier molecular flexibility index (Phi) is 3.78. The third kappa shape index (κ3) is 2.59. The molecule has 2 aliphatic rings. The summed E-state index contributed by atoms with van der Waals surface area (Å²) in [4.78, 5) is 14.5. The molecule has 1 aromatic rings. The number of esters is 1. The second-order valence-corrected chi connectivity index (χ2v) is 5.74. The number of carbonyl (C=O) groups is 1. The average Bonchev–Trinajstić information content (AvgIpc) is 3.18. The quantitative estimate of drug-likeness (QED) is 0.771. The summed E-state index contributed by atoms with van der Waals surface area (Å²) >= 11 is 0. The first-order valence-electron chi connectivity index (χ1n) is 7.71. The van der Waals surface area contributed by atoms with E-state index in [9.17, 15) is 4.79 Å². The van der Waals surface area contributed by atoms with E-state index in [1.807, 2.05) is 11.6 Å². The van der Waals surface area contributed by atoms with Gasteiger partial charge in [-0.3, -0.25) is 9.58 Å². The van der Waals surface area contributed by atoms with Crippen LogP contribution in [0.4, 0.5) is 0 Å². The van der Waals surface area contributed by atoms with Gasteiger partial charge in [0.15, 0.2) is 5.69 Å². The van der Waals surface area contributed by atoms with E-state index in [4.69, 9.17) is 4.74 Å². The second-order valence-electron chi connectivity index (χ2n) is 5.74. The molecule has 110 valence electrons. The van der Waals surface area contributed by atoms with Gasteiger partial charge >= 0.3 is 5.97 Å². The molecule has 1 fully saturated rings. The highest BCUT2D eigenvalue weighted by atomic mass is 16.5. The Morgan fingerprint density at radius 3 is 2.85 bits per heavy atom. The van der Waals surface area contributed by atoms with Gasteiger partial charge in [0.2, 0.25) is 0 Å². The van der Waals surface area contributed by atoms with Crippen LogP contribution in [-0.2, 0) is 24.2 Å². The zero-order valence-electron chi connectivity index (χ0n) is 12.4. The van der Waals surface area contributed by atoms with Gasteiger partial charge in [-0.2, -0.15) is 5.10 Å².